The Morgan fingerprint density at radius 3 is 1.67 bits per heavy atom. The minimum atomic E-state index is -1.12. The molecule has 0 radical (unpaired) electrons. The molecule has 0 bridgehead atoms. The Morgan fingerprint density at radius 2 is 1.15 bits per heavy atom. The van der Waals surface area contributed by atoms with Gasteiger partial charge in [0, 0.05) is 0 Å². The molecule has 0 amide bonds. The van der Waals surface area contributed by atoms with Gasteiger partial charge in [0.25, 0.3) is 0 Å². The molecule has 3 rings (SSSR count). The van der Waals surface area contributed by atoms with Gasteiger partial charge in [-0.15, -0.1) is 0 Å². The summed E-state index contributed by atoms with van der Waals surface area (Å²) >= 11 is 0. The maximum absolute atomic E-state index is 13.8. The highest BCUT2D eigenvalue weighted by molar-refractivity contribution is 5.97. The molecule has 7 heteroatoms. The number of anilines is 4. The van der Waals surface area contributed by atoms with Gasteiger partial charge >= 0.3 is 11.9 Å². The molecule has 0 aliphatic heterocycles. The van der Waals surface area contributed by atoms with Crippen molar-refractivity contribution in [2.75, 3.05) is 10.6 Å². The van der Waals surface area contributed by atoms with Crippen LogP contribution >= 0.6 is 0 Å². The van der Waals surface area contributed by atoms with Crippen LogP contribution in [-0.2, 0) is 0 Å². The van der Waals surface area contributed by atoms with E-state index in [0.717, 1.165) is 0 Å². The predicted molar refractivity (Wildman–Crippen MR) is 99.8 cm³/mol. The van der Waals surface area contributed by atoms with Gasteiger partial charge in [-0.3, -0.25) is 0 Å². The van der Waals surface area contributed by atoms with Crippen molar-refractivity contribution in [2.45, 2.75) is 0 Å². The molecule has 0 spiro atoms. The zero-order valence-electron chi connectivity index (χ0n) is 13.9. The van der Waals surface area contributed by atoms with E-state index in [4.69, 9.17) is 0 Å². The van der Waals surface area contributed by atoms with Crippen molar-refractivity contribution in [1.29, 1.82) is 0 Å². The Labute approximate surface area is 153 Å². The van der Waals surface area contributed by atoms with Gasteiger partial charge in [0.1, 0.15) is 5.82 Å². The third-order valence-corrected chi connectivity index (χ3v) is 3.84. The fourth-order valence-electron chi connectivity index (χ4n) is 2.58. The SMILES string of the molecule is O=C(O)c1ccccc1Nc1ccc(F)cc1Nc1ccccc1C(=O)O. The fraction of sp³-hybridized carbons (Fsp3) is 0. The number of carboxylic acid groups (broad SMARTS) is 2. The molecule has 0 unspecified atom stereocenters. The molecule has 0 saturated heterocycles. The maximum Gasteiger partial charge on any atom is 0.337 e. The van der Waals surface area contributed by atoms with E-state index >= 15 is 0 Å². The first kappa shape index (κ1) is 17.9. The number of carbonyl (C=O) groups is 2. The number of hydrogen-bond acceptors (Lipinski definition) is 4. The average Bonchev–Trinajstić information content (AvgIpc) is 2.64. The average molecular weight is 366 g/mol. The van der Waals surface area contributed by atoms with Gasteiger partial charge in [-0.1, -0.05) is 24.3 Å². The Hall–Kier alpha value is -3.87. The molecule has 3 aromatic rings. The summed E-state index contributed by atoms with van der Waals surface area (Å²) in [5.74, 6) is -2.76. The number of benzene rings is 3. The van der Waals surface area contributed by atoms with Crippen molar-refractivity contribution in [3.63, 3.8) is 0 Å². The first-order chi connectivity index (χ1) is 13.0. The first-order valence-corrected chi connectivity index (χ1v) is 7.94. The summed E-state index contributed by atoms with van der Waals surface area (Å²) < 4.78 is 13.8. The predicted octanol–water partition coefficient (Wildman–Crippen LogP) is 4.71. The Bertz CT molecular complexity index is 1020. The van der Waals surface area contributed by atoms with Crippen molar-refractivity contribution < 1.29 is 24.2 Å². The van der Waals surface area contributed by atoms with Gasteiger partial charge in [0.05, 0.1) is 33.9 Å². The van der Waals surface area contributed by atoms with Crippen LogP contribution in [0.1, 0.15) is 20.7 Å². The van der Waals surface area contributed by atoms with E-state index in [1.807, 2.05) is 0 Å². The second kappa shape index (κ2) is 7.57. The molecule has 0 aliphatic carbocycles. The van der Waals surface area contributed by atoms with Crippen LogP contribution in [0.5, 0.6) is 0 Å². The number of para-hydroxylation sites is 2. The van der Waals surface area contributed by atoms with Crippen molar-refractivity contribution in [2.24, 2.45) is 0 Å². The van der Waals surface area contributed by atoms with E-state index in [1.54, 1.807) is 36.4 Å². The second-order valence-corrected chi connectivity index (χ2v) is 5.64. The normalized spacial score (nSPS) is 10.3. The number of carboxylic acids is 2. The third kappa shape index (κ3) is 4.04. The Balaban J connectivity index is 2.00. The monoisotopic (exact) mass is 366 g/mol. The summed E-state index contributed by atoms with van der Waals surface area (Å²) in [6.45, 7) is 0. The Morgan fingerprint density at radius 1 is 0.667 bits per heavy atom. The van der Waals surface area contributed by atoms with Crippen molar-refractivity contribution >= 4 is 34.7 Å². The molecule has 136 valence electrons. The smallest absolute Gasteiger partial charge is 0.337 e. The van der Waals surface area contributed by atoms with Crippen LogP contribution in [0.15, 0.2) is 66.7 Å². The quantitative estimate of drug-likeness (QED) is 0.504. The van der Waals surface area contributed by atoms with E-state index in [1.165, 1.54) is 30.3 Å². The number of rotatable bonds is 6. The van der Waals surface area contributed by atoms with E-state index in [2.05, 4.69) is 10.6 Å². The lowest BCUT2D eigenvalue weighted by molar-refractivity contribution is 0.0687. The van der Waals surface area contributed by atoms with Gasteiger partial charge in [-0.05, 0) is 42.5 Å². The van der Waals surface area contributed by atoms with Gasteiger partial charge in [0.15, 0.2) is 0 Å². The van der Waals surface area contributed by atoms with Crippen LogP contribution < -0.4 is 10.6 Å². The number of aromatic carboxylic acids is 2. The minimum Gasteiger partial charge on any atom is -0.478 e. The number of hydrogen-bond donors (Lipinski definition) is 4. The summed E-state index contributed by atoms with van der Waals surface area (Å²) in [4.78, 5) is 22.8. The van der Waals surface area contributed by atoms with Crippen LogP contribution in [0.25, 0.3) is 0 Å². The zero-order chi connectivity index (χ0) is 19.4. The largest absolute Gasteiger partial charge is 0.478 e. The van der Waals surface area contributed by atoms with Gasteiger partial charge < -0.3 is 20.8 Å². The molecule has 0 aliphatic rings. The van der Waals surface area contributed by atoms with E-state index < -0.39 is 17.8 Å². The summed E-state index contributed by atoms with van der Waals surface area (Å²) in [6, 6.07) is 16.4. The van der Waals surface area contributed by atoms with Crippen LogP contribution in [0.4, 0.5) is 27.1 Å². The summed E-state index contributed by atoms with van der Waals surface area (Å²) in [5.41, 5.74) is 1.35. The molecule has 0 saturated carbocycles. The number of nitrogens with one attached hydrogen (secondary N) is 2. The molecule has 0 heterocycles. The summed E-state index contributed by atoms with van der Waals surface area (Å²) in [7, 11) is 0. The van der Waals surface area contributed by atoms with Crippen molar-refractivity contribution in [1.82, 2.24) is 0 Å². The molecular weight excluding hydrogens is 351 g/mol. The Kier molecular flexibility index (Phi) is 5.03. The highest BCUT2D eigenvalue weighted by Gasteiger charge is 2.14. The zero-order valence-corrected chi connectivity index (χ0v) is 13.9. The maximum atomic E-state index is 13.8. The molecule has 0 aromatic heterocycles. The van der Waals surface area contributed by atoms with Crippen LogP contribution in [0.2, 0.25) is 0 Å². The van der Waals surface area contributed by atoms with Gasteiger partial charge in [-0.2, -0.15) is 0 Å². The molecular formula is C20H15FN2O4. The molecule has 0 atom stereocenters. The highest BCUT2D eigenvalue weighted by Crippen LogP contribution is 2.31. The van der Waals surface area contributed by atoms with Crippen LogP contribution in [0.3, 0.4) is 0 Å². The summed E-state index contributed by atoms with van der Waals surface area (Å²) in [5, 5.41) is 24.5. The molecule has 27 heavy (non-hydrogen) atoms. The van der Waals surface area contributed by atoms with E-state index in [9.17, 15) is 24.2 Å². The van der Waals surface area contributed by atoms with Crippen LogP contribution in [0, 0.1) is 5.82 Å². The highest BCUT2D eigenvalue weighted by atomic mass is 19.1. The van der Waals surface area contributed by atoms with Gasteiger partial charge in [0.2, 0.25) is 0 Å². The first-order valence-electron chi connectivity index (χ1n) is 7.94. The standard InChI is InChI=1S/C20H15FN2O4/c21-12-9-10-17(22-15-7-3-1-5-13(15)19(24)25)18(11-12)23-16-8-4-2-6-14(16)20(26)27/h1-11,22-23H,(H,24,25)(H,26,27). The third-order valence-electron chi connectivity index (χ3n) is 3.84. The molecule has 3 aromatic carbocycles. The number of halogens is 1. The van der Waals surface area contributed by atoms with Crippen molar-refractivity contribution in [3.8, 4) is 0 Å². The van der Waals surface area contributed by atoms with E-state index in [-0.39, 0.29) is 22.5 Å². The lowest BCUT2D eigenvalue weighted by Crippen LogP contribution is -2.06. The lowest BCUT2D eigenvalue weighted by atomic mass is 10.1. The van der Waals surface area contributed by atoms with Crippen molar-refractivity contribution in [3.05, 3.63) is 83.7 Å². The van der Waals surface area contributed by atoms with Gasteiger partial charge in [-0.25, -0.2) is 14.0 Å². The molecule has 4 N–H and O–H groups in total. The lowest BCUT2D eigenvalue weighted by Gasteiger charge is -2.16. The fourth-order valence-corrected chi connectivity index (χ4v) is 2.58. The molecule has 0 fully saturated rings. The minimum absolute atomic E-state index is 0.0265. The molecule has 6 nitrogen and oxygen atoms in total. The van der Waals surface area contributed by atoms with Crippen LogP contribution in [-0.4, -0.2) is 22.2 Å². The topological polar surface area (TPSA) is 98.7 Å². The van der Waals surface area contributed by atoms with E-state index in [0.29, 0.717) is 11.4 Å². The summed E-state index contributed by atoms with van der Waals surface area (Å²) in [6.07, 6.45) is 0. The second-order valence-electron chi connectivity index (χ2n) is 5.64.